The van der Waals surface area contributed by atoms with E-state index in [9.17, 15) is 9.18 Å². The summed E-state index contributed by atoms with van der Waals surface area (Å²) in [6.45, 7) is 0.236. The van der Waals surface area contributed by atoms with Crippen LogP contribution in [0.2, 0.25) is 10.0 Å². The Kier molecular flexibility index (Phi) is 5.58. The monoisotopic (exact) mass is 395 g/mol. The van der Waals surface area contributed by atoms with Gasteiger partial charge in [-0.2, -0.15) is 0 Å². The van der Waals surface area contributed by atoms with Gasteiger partial charge in [-0.15, -0.1) is 11.3 Å². The number of carbonyl (C=O) groups excluding carboxylic acids is 1. The van der Waals surface area contributed by atoms with Crippen molar-refractivity contribution < 1.29 is 13.9 Å². The lowest BCUT2D eigenvalue weighted by atomic mass is 10.3. The first-order chi connectivity index (χ1) is 12.0. The van der Waals surface area contributed by atoms with Crippen molar-refractivity contribution in [2.24, 2.45) is 0 Å². The zero-order valence-corrected chi connectivity index (χ0v) is 15.1. The summed E-state index contributed by atoms with van der Waals surface area (Å²) in [5.74, 6) is -0.239. The Bertz CT molecular complexity index is 893. The first-order valence-electron chi connectivity index (χ1n) is 7.24. The topological polar surface area (TPSA) is 38.3 Å². The Morgan fingerprint density at radius 2 is 1.84 bits per heavy atom. The fraction of sp³-hybridized carbons (Fsp3) is 0.0556. The van der Waals surface area contributed by atoms with Gasteiger partial charge in [0.15, 0.2) is 0 Å². The lowest BCUT2D eigenvalue weighted by molar-refractivity contribution is 0.103. The van der Waals surface area contributed by atoms with Gasteiger partial charge in [-0.05, 0) is 35.7 Å². The predicted molar refractivity (Wildman–Crippen MR) is 99.5 cm³/mol. The third kappa shape index (κ3) is 4.51. The van der Waals surface area contributed by atoms with Crippen LogP contribution in [0.3, 0.4) is 0 Å². The molecular formula is C18H12Cl2FNO2S. The average Bonchev–Trinajstić information content (AvgIpc) is 3.05. The van der Waals surface area contributed by atoms with E-state index in [2.05, 4.69) is 5.32 Å². The van der Waals surface area contributed by atoms with E-state index in [-0.39, 0.29) is 18.3 Å². The van der Waals surface area contributed by atoms with E-state index in [1.165, 1.54) is 23.5 Å². The minimum atomic E-state index is -0.362. The third-order valence-corrected chi connectivity index (χ3v) is 4.89. The predicted octanol–water partition coefficient (Wildman–Crippen LogP) is 6.03. The van der Waals surface area contributed by atoms with Gasteiger partial charge >= 0.3 is 0 Å². The molecule has 1 heterocycles. The molecule has 0 spiro atoms. The maximum atomic E-state index is 13.1. The first kappa shape index (κ1) is 17.7. The fourth-order valence-corrected chi connectivity index (χ4v) is 3.37. The number of hydrogen-bond acceptors (Lipinski definition) is 3. The van der Waals surface area contributed by atoms with E-state index in [0.29, 0.717) is 26.4 Å². The lowest BCUT2D eigenvalue weighted by Gasteiger charge is -2.07. The standard InChI is InChI=1S/C18H12Cl2FNO2S/c19-14-5-2-6-15(20)17(14)22-18(23)16-7-11(10-25-16)9-24-13-4-1-3-12(21)8-13/h1-8,10H,9H2,(H,22,23). The molecule has 3 nitrogen and oxygen atoms in total. The molecule has 3 rings (SSSR count). The molecule has 0 aliphatic rings. The van der Waals surface area contributed by atoms with Crippen molar-refractivity contribution in [2.75, 3.05) is 5.32 Å². The molecule has 0 bridgehead atoms. The maximum absolute atomic E-state index is 13.1. The molecule has 1 aromatic heterocycles. The van der Waals surface area contributed by atoms with Gasteiger partial charge in [0.1, 0.15) is 18.2 Å². The Labute approximate surface area is 158 Å². The van der Waals surface area contributed by atoms with Crippen molar-refractivity contribution in [1.82, 2.24) is 0 Å². The van der Waals surface area contributed by atoms with Crippen LogP contribution in [0, 0.1) is 5.82 Å². The number of nitrogens with one attached hydrogen (secondary N) is 1. The van der Waals surface area contributed by atoms with Gasteiger partial charge in [0.2, 0.25) is 0 Å². The molecule has 0 saturated heterocycles. The highest BCUT2D eigenvalue weighted by Crippen LogP contribution is 2.30. The van der Waals surface area contributed by atoms with E-state index in [0.717, 1.165) is 5.56 Å². The number of ether oxygens (including phenoxy) is 1. The van der Waals surface area contributed by atoms with Gasteiger partial charge in [0, 0.05) is 11.6 Å². The van der Waals surface area contributed by atoms with Crippen LogP contribution < -0.4 is 10.1 Å². The molecule has 1 N–H and O–H groups in total. The molecule has 0 aliphatic carbocycles. The summed E-state index contributed by atoms with van der Waals surface area (Å²) in [5, 5.41) is 5.25. The highest BCUT2D eigenvalue weighted by molar-refractivity contribution is 7.12. The summed E-state index contributed by atoms with van der Waals surface area (Å²) in [5.41, 5.74) is 1.19. The summed E-state index contributed by atoms with van der Waals surface area (Å²) in [6.07, 6.45) is 0. The van der Waals surface area contributed by atoms with E-state index < -0.39 is 0 Å². The SMILES string of the molecule is O=C(Nc1c(Cl)cccc1Cl)c1cc(COc2cccc(F)c2)cs1. The molecule has 1 amide bonds. The molecule has 0 saturated carbocycles. The molecule has 0 aliphatic heterocycles. The van der Waals surface area contributed by atoms with Gasteiger partial charge in [0.25, 0.3) is 5.91 Å². The molecule has 25 heavy (non-hydrogen) atoms. The fourth-order valence-electron chi connectivity index (χ4n) is 2.09. The van der Waals surface area contributed by atoms with Crippen LogP contribution in [0.1, 0.15) is 15.2 Å². The summed E-state index contributed by atoms with van der Waals surface area (Å²) < 4.78 is 18.6. The highest BCUT2D eigenvalue weighted by atomic mass is 35.5. The molecule has 0 fully saturated rings. The zero-order chi connectivity index (χ0) is 17.8. The smallest absolute Gasteiger partial charge is 0.265 e. The van der Waals surface area contributed by atoms with Crippen LogP contribution in [0.15, 0.2) is 53.9 Å². The van der Waals surface area contributed by atoms with Crippen LogP contribution >= 0.6 is 34.5 Å². The van der Waals surface area contributed by atoms with E-state index in [1.54, 1.807) is 36.4 Å². The summed E-state index contributed by atoms with van der Waals surface area (Å²) in [6, 6.07) is 12.6. The zero-order valence-electron chi connectivity index (χ0n) is 12.8. The normalized spacial score (nSPS) is 10.5. The number of carbonyl (C=O) groups is 1. The number of rotatable bonds is 5. The van der Waals surface area contributed by atoms with Crippen molar-refractivity contribution in [3.63, 3.8) is 0 Å². The van der Waals surface area contributed by atoms with Crippen molar-refractivity contribution >= 4 is 46.1 Å². The Morgan fingerprint density at radius 1 is 1.12 bits per heavy atom. The average molecular weight is 396 g/mol. The second-order valence-electron chi connectivity index (χ2n) is 5.12. The van der Waals surface area contributed by atoms with Crippen molar-refractivity contribution in [2.45, 2.75) is 6.61 Å². The molecule has 7 heteroatoms. The minimum absolute atomic E-state index is 0.236. The number of thiophene rings is 1. The second kappa shape index (κ2) is 7.87. The quantitative estimate of drug-likeness (QED) is 0.572. The number of amides is 1. The first-order valence-corrected chi connectivity index (χ1v) is 8.87. The van der Waals surface area contributed by atoms with Crippen LogP contribution in [-0.4, -0.2) is 5.91 Å². The van der Waals surface area contributed by atoms with E-state index in [1.807, 2.05) is 5.38 Å². The molecular weight excluding hydrogens is 384 g/mol. The Balaban J connectivity index is 1.65. The van der Waals surface area contributed by atoms with E-state index >= 15 is 0 Å². The van der Waals surface area contributed by atoms with Crippen molar-refractivity contribution in [3.8, 4) is 5.75 Å². The van der Waals surface area contributed by atoms with Gasteiger partial charge in [-0.25, -0.2) is 4.39 Å². The second-order valence-corrected chi connectivity index (χ2v) is 6.84. The minimum Gasteiger partial charge on any atom is -0.489 e. The summed E-state index contributed by atoms with van der Waals surface area (Å²) >= 11 is 13.4. The molecule has 0 radical (unpaired) electrons. The Morgan fingerprint density at radius 3 is 2.56 bits per heavy atom. The van der Waals surface area contributed by atoms with Crippen molar-refractivity contribution in [1.29, 1.82) is 0 Å². The van der Waals surface area contributed by atoms with E-state index in [4.69, 9.17) is 27.9 Å². The van der Waals surface area contributed by atoms with Crippen LogP contribution in [0.25, 0.3) is 0 Å². The van der Waals surface area contributed by atoms with Gasteiger partial charge in [0.05, 0.1) is 20.6 Å². The largest absolute Gasteiger partial charge is 0.489 e. The Hall–Kier alpha value is -2.08. The van der Waals surface area contributed by atoms with Gasteiger partial charge in [-0.3, -0.25) is 4.79 Å². The van der Waals surface area contributed by atoms with Crippen LogP contribution in [0.4, 0.5) is 10.1 Å². The molecule has 0 unspecified atom stereocenters. The number of anilines is 1. The van der Waals surface area contributed by atoms with Crippen LogP contribution in [-0.2, 0) is 6.61 Å². The number of hydrogen-bond donors (Lipinski definition) is 1. The highest BCUT2D eigenvalue weighted by Gasteiger charge is 2.13. The number of para-hydroxylation sites is 1. The number of halogens is 3. The summed E-state index contributed by atoms with van der Waals surface area (Å²) in [7, 11) is 0. The molecule has 128 valence electrons. The molecule has 3 aromatic rings. The molecule has 2 aromatic carbocycles. The lowest BCUT2D eigenvalue weighted by Crippen LogP contribution is -2.11. The number of benzene rings is 2. The maximum Gasteiger partial charge on any atom is 0.265 e. The van der Waals surface area contributed by atoms with Gasteiger partial charge < -0.3 is 10.1 Å². The third-order valence-electron chi connectivity index (χ3n) is 3.28. The summed E-state index contributed by atoms with van der Waals surface area (Å²) in [4.78, 5) is 12.8. The van der Waals surface area contributed by atoms with Crippen molar-refractivity contribution in [3.05, 3.63) is 80.2 Å². The molecule has 0 atom stereocenters. The van der Waals surface area contributed by atoms with Crippen LogP contribution in [0.5, 0.6) is 5.75 Å². The van der Waals surface area contributed by atoms with Gasteiger partial charge in [-0.1, -0.05) is 35.3 Å².